The van der Waals surface area contributed by atoms with Crippen LogP contribution >= 0.6 is 11.8 Å². The van der Waals surface area contributed by atoms with Crippen molar-refractivity contribution in [3.63, 3.8) is 0 Å². The van der Waals surface area contributed by atoms with Gasteiger partial charge in [0, 0.05) is 24.3 Å². The quantitative estimate of drug-likeness (QED) is 0.504. The van der Waals surface area contributed by atoms with Crippen LogP contribution in [0, 0.1) is 17.5 Å². The van der Waals surface area contributed by atoms with E-state index in [-0.39, 0.29) is 5.69 Å². The zero-order valence-electron chi connectivity index (χ0n) is 17.4. The van der Waals surface area contributed by atoms with Crippen molar-refractivity contribution >= 4 is 23.4 Å². The Morgan fingerprint density at radius 2 is 1.75 bits per heavy atom. The molecule has 1 N–H and O–H groups in total. The second-order valence-corrected chi connectivity index (χ2v) is 7.74. The van der Waals surface area contributed by atoms with Gasteiger partial charge >= 0.3 is 0 Å². The number of amides is 1. The summed E-state index contributed by atoms with van der Waals surface area (Å²) in [6.07, 6.45) is 8.55. The number of hydrogen-bond acceptors (Lipinski definition) is 5. The highest BCUT2D eigenvalue weighted by molar-refractivity contribution is 7.98. The minimum atomic E-state index is -0.953. The fraction of sp³-hybridized carbons (Fsp3) is 0.261. The van der Waals surface area contributed by atoms with E-state index < -0.39 is 34.6 Å². The second kappa shape index (κ2) is 11.6. The number of halogens is 3. The Hall–Kier alpha value is -2.91. The van der Waals surface area contributed by atoms with Crippen LogP contribution in [-0.4, -0.2) is 35.3 Å². The number of nitrogens with one attached hydrogen (secondary N) is 1. The van der Waals surface area contributed by atoms with Crippen molar-refractivity contribution in [3.8, 4) is 11.3 Å². The first-order chi connectivity index (χ1) is 15.5. The van der Waals surface area contributed by atoms with Crippen LogP contribution in [0.4, 0.5) is 18.9 Å². The van der Waals surface area contributed by atoms with E-state index in [1.165, 1.54) is 31.7 Å². The number of aromatic nitrogens is 2. The molecule has 0 atom stereocenters. The number of carbonyl (C=O) groups is 1. The monoisotopic (exact) mass is 461 g/mol. The summed E-state index contributed by atoms with van der Waals surface area (Å²) in [6.45, 7) is 2.00. The summed E-state index contributed by atoms with van der Waals surface area (Å²) >= 11 is 1.15. The maximum Gasteiger partial charge on any atom is 0.274 e. The Kier molecular flexibility index (Phi) is 8.64. The Balaban J connectivity index is 0.000000416. The molecule has 0 aliphatic carbocycles. The molecule has 32 heavy (non-hydrogen) atoms. The zero-order chi connectivity index (χ0) is 22.9. The minimum absolute atomic E-state index is 0.182. The van der Waals surface area contributed by atoms with E-state index in [9.17, 15) is 18.0 Å². The van der Waals surface area contributed by atoms with E-state index in [0.29, 0.717) is 10.6 Å². The summed E-state index contributed by atoms with van der Waals surface area (Å²) < 4.78 is 47.8. The molecule has 2 aromatic heterocycles. The van der Waals surface area contributed by atoms with Crippen molar-refractivity contribution in [2.75, 3.05) is 24.8 Å². The smallest absolute Gasteiger partial charge is 0.274 e. The lowest BCUT2D eigenvalue weighted by molar-refractivity contribution is 0.0968. The molecule has 9 heteroatoms. The van der Waals surface area contributed by atoms with E-state index in [1.54, 1.807) is 18.4 Å². The highest BCUT2D eigenvalue weighted by Gasteiger charge is 2.20. The van der Waals surface area contributed by atoms with Crippen LogP contribution < -0.4 is 5.32 Å². The molecule has 1 fully saturated rings. The summed E-state index contributed by atoms with van der Waals surface area (Å²) in [6, 6.07) is 7.49. The number of carbonyl (C=O) groups excluding carboxylic acids is 1. The molecule has 1 aromatic carbocycles. The summed E-state index contributed by atoms with van der Waals surface area (Å²) in [5.41, 5.74) is -0.951. The van der Waals surface area contributed by atoms with Gasteiger partial charge in [-0.1, -0.05) is 0 Å². The van der Waals surface area contributed by atoms with Crippen LogP contribution in [0.15, 0.2) is 53.7 Å². The van der Waals surface area contributed by atoms with Gasteiger partial charge in [0.1, 0.15) is 28.8 Å². The third kappa shape index (κ3) is 6.30. The fourth-order valence-corrected chi connectivity index (χ4v) is 3.40. The molecule has 1 aliphatic heterocycles. The molecule has 1 saturated heterocycles. The predicted octanol–water partition coefficient (Wildman–Crippen LogP) is 5.72. The second-order valence-electron chi connectivity index (χ2n) is 6.86. The number of anilines is 1. The number of hydrogen-bond donors (Lipinski definition) is 1. The predicted molar refractivity (Wildman–Crippen MR) is 118 cm³/mol. The van der Waals surface area contributed by atoms with Gasteiger partial charge in [-0.2, -0.15) is 0 Å². The van der Waals surface area contributed by atoms with Gasteiger partial charge in [0.25, 0.3) is 5.91 Å². The molecule has 0 spiro atoms. The maximum absolute atomic E-state index is 14.3. The first-order valence-corrected chi connectivity index (χ1v) is 11.2. The molecule has 3 aromatic rings. The molecule has 0 unspecified atom stereocenters. The van der Waals surface area contributed by atoms with Gasteiger partial charge in [-0.05, 0) is 61.9 Å². The minimum Gasteiger partial charge on any atom is -0.381 e. The third-order valence-electron chi connectivity index (χ3n) is 4.56. The van der Waals surface area contributed by atoms with Crippen molar-refractivity contribution in [2.24, 2.45) is 0 Å². The van der Waals surface area contributed by atoms with Crippen molar-refractivity contribution in [1.82, 2.24) is 9.97 Å². The molecule has 4 rings (SSSR count). The lowest BCUT2D eigenvalue weighted by atomic mass is 10.1. The van der Waals surface area contributed by atoms with Crippen molar-refractivity contribution in [2.45, 2.75) is 24.2 Å². The zero-order valence-corrected chi connectivity index (χ0v) is 18.2. The van der Waals surface area contributed by atoms with Crippen molar-refractivity contribution < 1.29 is 22.7 Å². The average Bonchev–Trinajstić information content (AvgIpc) is 2.82. The van der Waals surface area contributed by atoms with Gasteiger partial charge in [-0.15, -0.1) is 11.8 Å². The van der Waals surface area contributed by atoms with E-state index in [1.807, 2.05) is 0 Å². The first kappa shape index (κ1) is 23.7. The number of pyridine rings is 2. The van der Waals surface area contributed by atoms with Crippen molar-refractivity contribution in [1.29, 1.82) is 0 Å². The van der Waals surface area contributed by atoms with Gasteiger partial charge in [0.2, 0.25) is 0 Å². The maximum atomic E-state index is 14.3. The number of benzene rings is 1. The van der Waals surface area contributed by atoms with E-state index in [2.05, 4.69) is 15.3 Å². The van der Waals surface area contributed by atoms with E-state index in [4.69, 9.17) is 4.74 Å². The van der Waals surface area contributed by atoms with Gasteiger partial charge in [0.05, 0.1) is 17.4 Å². The van der Waals surface area contributed by atoms with Gasteiger partial charge in [0.15, 0.2) is 0 Å². The number of thioether (sulfide) groups is 1. The normalized spacial score (nSPS) is 13.1. The Labute approximate surface area is 188 Å². The van der Waals surface area contributed by atoms with Crippen molar-refractivity contribution in [3.05, 3.63) is 71.9 Å². The molecule has 168 valence electrons. The molecule has 5 nitrogen and oxygen atoms in total. The van der Waals surface area contributed by atoms with Gasteiger partial charge in [-0.25, -0.2) is 18.2 Å². The standard InChI is InChI=1S/C18H12F3N3OS.C5H10O/c1-26-11-7-13(20)16(14(21)8-11)17-12(19)4-5-15(24-17)18(25)23-10-3-2-6-22-9-10;1-2-4-6-5-3-1/h2-9H,1H3,(H,23,25);1-5H2. The van der Waals surface area contributed by atoms with Gasteiger partial charge < -0.3 is 10.1 Å². The average molecular weight is 462 g/mol. The highest BCUT2D eigenvalue weighted by Crippen LogP contribution is 2.30. The highest BCUT2D eigenvalue weighted by atomic mass is 32.2. The van der Waals surface area contributed by atoms with Gasteiger partial charge in [-0.3, -0.25) is 9.78 Å². The molecule has 3 heterocycles. The molecular formula is C23H22F3N3O2S. The molecule has 1 amide bonds. The van der Waals surface area contributed by atoms with Crippen LogP contribution in [0.5, 0.6) is 0 Å². The van der Waals surface area contributed by atoms with Crippen LogP contribution in [0.2, 0.25) is 0 Å². The summed E-state index contributed by atoms with van der Waals surface area (Å²) in [7, 11) is 0. The first-order valence-electron chi connectivity index (χ1n) is 9.98. The van der Waals surface area contributed by atoms with E-state index in [0.717, 1.165) is 49.2 Å². The molecule has 0 radical (unpaired) electrons. The lowest BCUT2D eigenvalue weighted by Crippen LogP contribution is -2.14. The van der Waals surface area contributed by atoms with E-state index >= 15 is 0 Å². The number of ether oxygens (including phenoxy) is 1. The molecule has 0 saturated carbocycles. The molecular weight excluding hydrogens is 439 g/mol. The molecule has 1 aliphatic rings. The Morgan fingerprint density at radius 1 is 1.03 bits per heavy atom. The molecule has 0 bridgehead atoms. The van der Waals surface area contributed by atoms with Crippen LogP contribution in [-0.2, 0) is 4.74 Å². The summed E-state index contributed by atoms with van der Waals surface area (Å²) in [5.74, 6) is -3.49. The van der Waals surface area contributed by atoms with Crippen LogP contribution in [0.3, 0.4) is 0 Å². The number of nitrogens with zero attached hydrogens (tertiary/aromatic N) is 2. The van der Waals surface area contributed by atoms with Crippen LogP contribution in [0.1, 0.15) is 29.8 Å². The number of rotatable bonds is 4. The largest absolute Gasteiger partial charge is 0.381 e. The Morgan fingerprint density at radius 3 is 2.28 bits per heavy atom. The summed E-state index contributed by atoms with van der Waals surface area (Å²) in [4.78, 5) is 20.3. The lowest BCUT2D eigenvalue weighted by Gasteiger charge is -2.10. The Bertz CT molecular complexity index is 1030. The topological polar surface area (TPSA) is 64.1 Å². The third-order valence-corrected chi connectivity index (χ3v) is 5.27. The fourth-order valence-electron chi connectivity index (χ4n) is 2.96. The van der Waals surface area contributed by atoms with Crippen LogP contribution in [0.25, 0.3) is 11.3 Å². The SMILES string of the molecule is C1CCOCC1.CSc1cc(F)c(-c2nc(C(=O)Nc3cccnc3)ccc2F)c(F)c1. The summed E-state index contributed by atoms with van der Waals surface area (Å²) in [5, 5.41) is 2.53.